The number of aromatic nitrogens is 2. The molecule has 0 radical (unpaired) electrons. The molecule has 2 amide bonds. The van der Waals surface area contributed by atoms with Gasteiger partial charge in [-0.05, 0) is 31.4 Å². The van der Waals surface area contributed by atoms with Crippen LogP contribution in [0.5, 0.6) is 0 Å². The minimum absolute atomic E-state index is 0.0150. The summed E-state index contributed by atoms with van der Waals surface area (Å²) in [6, 6.07) is 1.83. The molecule has 1 unspecified atom stereocenters. The first-order chi connectivity index (χ1) is 11.6. The van der Waals surface area contributed by atoms with Crippen LogP contribution in [-0.2, 0) is 16.6 Å². The van der Waals surface area contributed by atoms with E-state index in [4.69, 9.17) is 0 Å². The van der Waals surface area contributed by atoms with Gasteiger partial charge in [-0.15, -0.1) is 0 Å². The van der Waals surface area contributed by atoms with Crippen LogP contribution >= 0.6 is 0 Å². The summed E-state index contributed by atoms with van der Waals surface area (Å²) in [5, 5.41) is 7.07. The summed E-state index contributed by atoms with van der Waals surface area (Å²) in [6.45, 7) is 3.62. The molecule has 130 valence electrons. The molecule has 2 saturated heterocycles. The quantitative estimate of drug-likeness (QED) is 0.806. The first-order valence-corrected chi connectivity index (χ1v) is 8.62. The highest BCUT2D eigenvalue weighted by molar-refractivity contribution is 5.91. The smallest absolute Gasteiger partial charge is 0.246 e. The lowest BCUT2D eigenvalue weighted by Gasteiger charge is -2.37. The van der Waals surface area contributed by atoms with Gasteiger partial charge in [0.05, 0.1) is 11.7 Å². The molecule has 1 aromatic rings. The Balaban J connectivity index is 1.52. The van der Waals surface area contributed by atoms with Gasteiger partial charge in [0.15, 0.2) is 0 Å². The van der Waals surface area contributed by atoms with E-state index in [9.17, 15) is 9.59 Å². The third kappa shape index (κ3) is 3.84. The van der Waals surface area contributed by atoms with Gasteiger partial charge in [0.1, 0.15) is 0 Å². The number of carbonyl (C=O) groups is 2. The van der Waals surface area contributed by atoms with Gasteiger partial charge in [-0.25, -0.2) is 0 Å². The lowest BCUT2D eigenvalue weighted by atomic mass is 10.1. The van der Waals surface area contributed by atoms with E-state index >= 15 is 0 Å². The van der Waals surface area contributed by atoms with Gasteiger partial charge in [-0.1, -0.05) is 0 Å². The first kappa shape index (κ1) is 16.7. The van der Waals surface area contributed by atoms with Crippen LogP contribution in [0.3, 0.4) is 0 Å². The van der Waals surface area contributed by atoms with E-state index in [-0.39, 0.29) is 17.9 Å². The number of hydrogen-bond acceptors (Lipinski definition) is 4. The predicted molar refractivity (Wildman–Crippen MR) is 91.0 cm³/mol. The number of nitrogens with zero attached hydrogens (tertiary/aromatic N) is 4. The number of amides is 2. The zero-order valence-corrected chi connectivity index (χ0v) is 14.1. The van der Waals surface area contributed by atoms with Crippen molar-refractivity contribution in [3.8, 4) is 0 Å². The van der Waals surface area contributed by atoms with Gasteiger partial charge >= 0.3 is 0 Å². The second kappa shape index (κ2) is 7.61. The summed E-state index contributed by atoms with van der Waals surface area (Å²) in [7, 11) is 1.85. The number of piperazine rings is 1. The van der Waals surface area contributed by atoms with Crippen molar-refractivity contribution >= 4 is 17.9 Å². The Morgan fingerprint density at radius 1 is 1.29 bits per heavy atom. The fraction of sp³-hybridized carbons (Fsp3) is 0.588. The van der Waals surface area contributed by atoms with E-state index in [1.807, 2.05) is 18.0 Å². The molecule has 2 aliphatic rings. The highest BCUT2D eigenvalue weighted by Crippen LogP contribution is 2.15. The molecule has 2 fully saturated rings. The second-order valence-electron chi connectivity index (χ2n) is 6.38. The number of hydrogen-bond donors (Lipinski definition) is 1. The molecule has 7 nitrogen and oxygen atoms in total. The lowest BCUT2D eigenvalue weighted by Crippen LogP contribution is -2.55. The van der Waals surface area contributed by atoms with Crippen LogP contribution in [0.15, 0.2) is 18.3 Å². The lowest BCUT2D eigenvalue weighted by molar-refractivity contribution is -0.130. The Labute approximate surface area is 142 Å². The van der Waals surface area contributed by atoms with Crippen molar-refractivity contribution in [2.24, 2.45) is 7.05 Å². The topological polar surface area (TPSA) is 70.5 Å². The van der Waals surface area contributed by atoms with Crippen LogP contribution in [0.1, 0.15) is 25.0 Å². The largest absolute Gasteiger partial charge is 0.355 e. The van der Waals surface area contributed by atoms with Crippen LogP contribution in [0.4, 0.5) is 0 Å². The van der Waals surface area contributed by atoms with Crippen LogP contribution in [0.2, 0.25) is 0 Å². The SMILES string of the molecule is Cn1nccc1/C=C/C(=O)N1CCN(C2CCCCNC2=O)CC1. The molecular formula is C17H25N5O2. The number of rotatable bonds is 3. The maximum Gasteiger partial charge on any atom is 0.246 e. The van der Waals surface area contributed by atoms with Crippen LogP contribution in [0, 0.1) is 0 Å². The van der Waals surface area contributed by atoms with E-state index in [0.717, 1.165) is 44.6 Å². The maximum absolute atomic E-state index is 12.3. The first-order valence-electron chi connectivity index (χ1n) is 8.62. The Morgan fingerprint density at radius 2 is 2.08 bits per heavy atom. The molecule has 3 rings (SSSR count). The van der Waals surface area contributed by atoms with Gasteiger partial charge < -0.3 is 10.2 Å². The molecule has 0 aliphatic carbocycles. The Morgan fingerprint density at radius 3 is 2.79 bits per heavy atom. The molecule has 3 heterocycles. The molecule has 1 aromatic heterocycles. The Kier molecular flexibility index (Phi) is 5.30. The maximum atomic E-state index is 12.3. The van der Waals surface area contributed by atoms with Gasteiger partial charge in [-0.2, -0.15) is 5.10 Å². The summed E-state index contributed by atoms with van der Waals surface area (Å²) in [5.74, 6) is 0.157. The second-order valence-corrected chi connectivity index (χ2v) is 6.38. The van der Waals surface area contributed by atoms with E-state index < -0.39 is 0 Å². The van der Waals surface area contributed by atoms with Gasteiger partial charge in [0.25, 0.3) is 0 Å². The average Bonchev–Trinajstić information content (AvgIpc) is 2.88. The normalized spacial score (nSPS) is 23.3. The van der Waals surface area contributed by atoms with Crippen molar-refractivity contribution in [2.45, 2.75) is 25.3 Å². The van der Waals surface area contributed by atoms with Gasteiger partial charge in [0, 0.05) is 52.0 Å². The Hall–Kier alpha value is -2.15. The van der Waals surface area contributed by atoms with Crippen molar-refractivity contribution in [3.05, 3.63) is 24.0 Å². The van der Waals surface area contributed by atoms with Crippen molar-refractivity contribution < 1.29 is 9.59 Å². The zero-order valence-electron chi connectivity index (χ0n) is 14.1. The van der Waals surface area contributed by atoms with Crippen LogP contribution in [0.25, 0.3) is 6.08 Å². The highest BCUT2D eigenvalue weighted by atomic mass is 16.2. The van der Waals surface area contributed by atoms with E-state index in [1.54, 1.807) is 23.0 Å². The third-order valence-corrected chi connectivity index (χ3v) is 4.83. The van der Waals surface area contributed by atoms with Crippen LogP contribution in [-0.4, -0.2) is 70.2 Å². The third-order valence-electron chi connectivity index (χ3n) is 4.83. The molecule has 24 heavy (non-hydrogen) atoms. The van der Waals surface area contributed by atoms with Crippen molar-refractivity contribution in [3.63, 3.8) is 0 Å². The molecule has 0 aromatic carbocycles. The average molecular weight is 331 g/mol. The van der Waals surface area contributed by atoms with Gasteiger partial charge in [-0.3, -0.25) is 19.2 Å². The molecule has 1 N–H and O–H groups in total. The minimum atomic E-state index is -0.0327. The molecular weight excluding hydrogens is 306 g/mol. The van der Waals surface area contributed by atoms with Gasteiger partial charge in [0.2, 0.25) is 11.8 Å². The molecule has 0 bridgehead atoms. The fourth-order valence-electron chi connectivity index (χ4n) is 3.34. The predicted octanol–water partition coefficient (Wildman–Crippen LogP) is 0.246. The Bertz CT molecular complexity index is 616. The number of aryl methyl sites for hydroxylation is 1. The minimum Gasteiger partial charge on any atom is -0.355 e. The standard InChI is InChI=1S/C17H25N5O2/c1-20-14(7-9-19-20)5-6-16(23)22-12-10-21(11-13-22)15-4-2-3-8-18-17(15)24/h5-7,9,15H,2-4,8,10-13H2,1H3,(H,18,24)/b6-5+. The number of carbonyl (C=O) groups excluding carboxylic acids is 2. The summed E-state index contributed by atoms with van der Waals surface area (Å²) >= 11 is 0. The molecule has 0 saturated carbocycles. The van der Waals surface area contributed by atoms with Crippen molar-refractivity contribution in [2.75, 3.05) is 32.7 Å². The summed E-state index contributed by atoms with van der Waals surface area (Å²) < 4.78 is 1.73. The molecule has 0 spiro atoms. The van der Waals surface area contributed by atoms with E-state index in [0.29, 0.717) is 13.1 Å². The number of nitrogens with one attached hydrogen (secondary N) is 1. The fourth-order valence-corrected chi connectivity index (χ4v) is 3.34. The summed E-state index contributed by atoms with van der Waals surface area (Å²) in [6.07, 6.45) is 8.15. The zero-order chi connectivity index (χ0) is 16.9. The van der Waals surface area contributed by atoms with Crippen molar-refractivity contribution in [1.29, 1.82) is 0 Å². The van der Waals surface area contributed by atoms with E-state index in [2.05, 4.69) is 15.3 Å². The summed E-state index contributed by atoms with van der Waals surface area (Å²) in [4.78, 5) is 28.5. The molecule has 2 aliphatic heterocycles. The molecule has 1 atom stereocenters. The molecule has 7 heteroatoms. The van der Waals surface area contributed by atoms with Crippen LogP contribution < -0.4 is 5.32 Å². The van der Waals surface area contributed by atoms with E-state index in [1.165, 1.54) is 0 Å². The summed E-state index contributed by atoms with van der Waals surface area (Å²) in [5.41, 5.74) is 0.900. The van der Waals surface area contributed by atoms with Crippen molar-refractivity contribution in [1.82, 2.24) is 24.9 Å². The monoisotopic (exact) mass is 331 g/mol. The highest BCUT2D eigenvalue weighted by Gasteiger charge is 2.30.